The molecular formula is C16H17NOS. The van der Waals surface area contributed by atoms with Gasteiger partial charge in [0.15, 0.2) is 0 Å². The maximum atomic E-state index is 6.30. The Hall–Kier alpha value is -1.58. The number of benzene rings is 1. The van der Waals surface area contributed by atoms with Crippen LogP contribution in [0.1, 0.15) is 34.0 Å². The minimum absolute atomic E-state index is 0.169. The molecule has 1 atom stereocenters. The number of furan rings is 1. The summed E-state index contributed by atoms with van der Waals surface area (Å²) in [7, 11) is 0. The topological polar surface area (TPSA) is 39.2 Å². The fourth-order valence-corrected chi connectivity index (χ4v) is 3.19. The molecule has 2 nitrogen and oxygen atoms in total. The molecule has 2 aromatic heterocycles. The molecule has 2 heterocycles. The molecule has 0 fully saturated rings. The van der Waals surface area contributed by atoms with Gasteiger partial charge in [0.25, 0.3) is 0 Å². The normalized spacial score (nSPS) is 13.0. The molecule has 3 rings (SSSR count). The molecule has 1 aromatic carbocycles. The van der Waals surface area contributed by atoms with Crippen molar-refractivity contribution in [2.45, 2.75) is 26.3 Å². The Bertz CT molecular complexity index is 710. The summed E-state index contributed by atoms with van der Waals surface area (Å²) in [4.78, 5) is 2.52. The summed E-state index contributed by atoms with van der Waals surface area (Å²) in [5, 5.41) is 1.12. The predicted octanol–water partition coefficient (Wildman–Crippen LogP) is 4.41. The number of hydrogen-bond donors (Lipinski definition) is 1. The van der Waals surface area contributed by atoms with Crippen LogP contribution in [-0.2, 0) is 6.42 Å². The van der Waals surface area contributed by atoms with Crippen LogP contribution in [-0.4, -0.2) is 0 Å². The minimum atomic E-state index is -0.169. The van der Waals surface area contributed by atoms with Crippen molar-refractivity contribution in [3.05, 3.63) is 57.5 Å². The number of thiophene rings is 1. The van der Waals surface area contributed by atoms with E-state index in [1.165, 1.54) is 10.4 Å². The fraction of sp³-hybridized carbons (Fsp3) is 0.250. The van der Waals surface area contributed by atoms with Crippen LogP contribution < -0.4 is 5.73 Å². The summed E-state index contributed by atoms with van der Waals surface area (Å²) < 4.78 is 5.86. The van der Waals surface area contributed by atoms with Crippen LogP contribution in [0, 0.1) is 6.92 Å². The molecule has 0 bridgehead atoms. The van der Waals surface area contributed by atoms with Gasteiger partial charge in [0.05, 0.1) is 6.04 Å². The summed E-state index contributed by atoms with van der Waals surface area (Å²) in [5.41, 5.74) is 8.44. The molecule has 19 heavy (non-hydrogen) atoms. The smallest absolute Gasteiger partial charge is 0.134 e. The van der Waals surface area contributed by atoms with E-state index in [4.69, 9.17) is 10.2 Å². The van der Waals surface area contributed by atoms with Gasteiger partial charge in [0, 0.05) is 15.1 Å². The first-order valence-corrected chi connectivity index (χ1v) is 7.33. The van der Waals surface area contributed by atoms with E-state index < -0.39 is 0 Å². The van der Waals surface area contributed by atoms with Gasteiger partial charge in [-0.05, 0) is 43.7 Å². The predicted molar refractivity (Wildman–Crippen MR) is 80.7 cm³/mol. The van der Waals surface area contributed by atoms with E-state index in [0.29, 0.717) is 0 Å². The van der Waals surface area contributed by atoms with E-state index >= 15 is 0 Å². The average molecular weight is 271 g/mol. The van der Waals surface area contributed by atoms with Crippen LogP contribution >= 0.6 is 11.3 Å². The number of fused-ring (bicyclic) bond motifs is 1. The second kappa shape index (κ2) is 4.83. The zero-order valence-electron chi connectivity index (χ0n) is 11.1. The Kier molecular flexibility index (Phi) is 3.17. The first-order valence-electron chi connectivity index (χ1n) is 6.51. The number of aryl methyl sites for hydroxylation is 2. The van der Waals surface area contributed by atoms with Crippen LogP contribution in [0.15, 0.2) is 40.8 Å². The van der Waals surface area contributed by atoms with Crippen molar-refractivity contribution < 1.29 is 4.42 Å². The van der Waals surface area contributed by atoms with Gasteiger partial charge in [0.1, 0.15) is 11.3 Å². The lowest BCUT2D eigenvalue weighted by Gasteiger charge is -2.04. The first-order chi connectivity index (χ1) is 9.17. The minimum Gasteiger partial charge on any atom is -0.459 e. The van der Waals surface area contributed by atoms with Crippen molar-refractivity contribution in [2.24, 2.45) is 5.73 Å². The molecule has 2 N–H and O–H groups in total. The summed E-state index contributed by atoms with van der Waals surface area (Å²) in [5.74, 6) is 0.838. The van der Waals surface area contributed by atoms with Gasteiger partial charge in [-0.2, -0.15) is 0 Å². The van der Waals surface area contributed by atoms with Crippen molar-refractivity contribution >= 4 is 22.3 Å². The van der Waals surface area contributed by atoms with Crippen LogP contribution in [0.5, 0.6) is 0 Å². The molecule has 0 spiro atoms. The van der Waals surface area contributed by atoms with Gasteiger partial charge in [-0.15, -0.1) is 11.3 Å². The quantitative estimate of drug-likeness (QED) is 0.766. The summed E-state index contributed by atoms with van der Waals surface area (Å²) >= 11 is 1.76. The van der Waals surface area contributed by atoms with Crippen LogP contribution in [0.2, 0.25) is 0 Å². The summed E-state index contributed by atoms with van der Waals surface area (Å²) in [6.07, 6.45) is 1.05. The second-order valence-electron chi connectivity index (χ2n) is 4.83. The maximum absolute atomic E-state index is 6.30. The standard InChI is InChI=1S/C16H17NOS/c1-3-12-5-7-15(19-12)16(17)14-9-11-8-10(2)4-6-13(11)18-14/h4-9,16H,3,17H2,1-2H3. The highest BCUT2D eigenvalue weighted by atomic mass is 32.1. The summed E-state index contributed by atoms with van der Waals surface area (Å²) in [6.45, 7) is 4.24. The zero-order chi connectivity index (χ0) is 13.4. The van der Waals surface area contributed by atoms with E-state index in [0.717, 1.165) is 28.0 Å². The highest BCUT2D eigenvalue weighted by molar-refractivity contribution is 7.12. The van der Waals surface area contributed by atoms with Gasteiger partial charge in [-0.25, -0.2) is 0 Å². The molecule has 3 aromatic rings. The molecule has 0 aliphatic carbocycles. The van der Waals surface area contributed by atoms with Gasteiger partial charge in [-0.3, -0.25) is 0 Å². The highest BCUT2D eigenvalue weighted by Gasteiger charge is 2.16. The highest BCUT2D eigenvalue weighted by Crippen LogP contribution is 2.31. The Balaban J connectivity index is 1.98. The van der Waals surface area contributed by atoms with Crippen molar-refractivity contribution in [3.63, 3.8) is 0 Å². The SMILES string of the molecule is CCc1ccc(C(N)c2cc3cc(C)ccc3o2)s1. The van der Waals surface area contributed by atoms with Gasteiger partial charge < -0.3 is 10.2 Å². The van der Waals surface area contributed by atoms with Crippen molar-refractivity contribution in [1.29, 1.82) is 0 Å². The lowest BCUT2D eigenvalue weighted by Crippen LogP contribution is -2.08. The Morgan fingerprint density at radius 2 is 2.05 bits per heavy atom. The number of rotatable bonds is 3. The second-order valence-corrected chi connectivity index (χ2v) is 6.03. The Morgan fingerprint density at radius 3 is 2.79 bits per heavy atom. The number of nitrogens with two attached hydrogens (primary N) is 1. The Morgan fingerprint density at radius 1 is 1.21 bits per heavy atom. The van der Waals surface area contributed by atoms with Crippen molar-refractivity contribution in [1.82, 2.24) is 0 Å². The van der Waals surface area contributed by atoms with Crippen molar-refractivity contribution in [3.8, 4) is 0 Å². The number of hydrogen-bond acceptors (Lipinski definition) is 3. The molecular weight excluding hydrogens is 254 g/mol. The van der Waals surface area contributed by atoms with E-state index in [-0.39, 0.29) is 6.04 Å². The lowest BCUT2D eigenvalue weighted by molar-refractivity contribution is 0.528. The largest absolute Gasteiger partial charge is 0.459 e. The molecule has 0 aliphatic rings. The monoisotopic (exact) mass is 271 g/mol. The maximum Gasteiger partial charge on any atom is 0.134 e. The fourth-order valence-electron chi connectivity index (χ4n) is 2.23. The molecule has 3 heteroatoms. The Labute approximate surface area is 116 Å². The zero-order valence-corrected chi connectivity index (χ0v) is 12.0. The molecule has 0 saturated carbocycles. The first kappa shape index (κ1) is 12.5. The lowest BCUT2D eigenvalue weighted by atomic mass is 10.1. The van der Waals surface area contributed by atoms with Crippen LogP contribution in [0.25, 0.3) is 11.0 Å². The van der Waals surface area contributed by atoms with Crippen molar-refractivity contribution in [2.75, 3.05) is 0 Å². The van der Waals surface area contributed by atoms with Crippen LogP contribution in [0.4, 0.5) is 0 Å². The third-order valence-electron chi connectivity index (χ3n) is 3.33. The van der Waals surface area contributed by atoms with E-state index in [2.05, 4.69) is 44.2 Å². The van der Waals surface area contributed by atoms with Crippen LogP contribution in [0.3, 0.4) is 0 Å². The van der Waals surface area contributed by atoms with E-state index in [1.54, 1.807) is 11.3 Å². The van der Waals surface area contributed by atoms with E-state index in [1.807, 2.05) is 6.07 Å². The molecule has 98 valence electrons. The molecule has 0 saturated heterocycles. The molecule has 0 radical (unpaired) electrons. The molecule has 0 aliphatic heterocycles. The van der Waals surface area contributed by atoms with Gasteiger partial charge >= 0.3 is 0 Å². The van der Waals surface area contributed by atoms with E-state index in [9.17, 15) is 0 Å². The third kappa shape index (κ3) is 2.31. The van der Waals surface area contributed by atoms with Gasteiger partial charge in [-0.1, -0.05) is 18.6 Å². The summed E-state index contributed by atoms with van der Waals surface area (Å²) in [6, 6.07) is 12.3. The average Bonchev–Trinajstić information content (AvgIpc) is 3.03. The molecule has 1 unspecified atom stereocenters. The third-order valence-corrected chi connectivity index (χ3v) is 4.65. The van der Waals surface area contributed by atoms with Gasteiger partial charge in [0.2, 0.25) is 0 Å². The molecule has 0 amide bonds.